The highest BCUT2D eigenvalue weighted by molar-refractivity contribution is 6.02. The number of aryl methyl sites for hydroxylation is 2. The van der Waals surface area contributed by atoms with Gasteiger partial charge in [-0.05, 0) is 88.5 Å². The third kappa shape index (κ3) is 5.49. The van der Waals surface area contributed by atoms with E-state index in [0.29, 0.717) is 24.2 Å². The van der Waals surface area contributed by atoms with E-state index >= 15 is 0 Å². The zero-order valence-electron chi connectivity index (χ0n) is 22.5. The second-order valence-corrected chi connectivity index (χ2v) is 10.6. The molecule has 0 saturated heterocycles. The number of fused-ring (bicyclic) bond motifs is 1. The van der Waals surface area contributed by atoms with Crippen LogP contribution in [0.15, 0.2) is 30.3 Å². The monoisotopic (exact) mass is 506 g/mol. The van der Waals surface area contributed by atoms with E-state index in [4.69, 9.17) is 10.5 Å². The van der Waals surface area contributed by atoms with Gasteiger partial charge in [-0.15, -0.1) is 0 Å². The number of likely N-dealkylation sites (N-methyl/N-ethyl adjacent to an activating group) is 1. The minimum Gasteiger partial charge on any atom is -0.496 e. The maximum atomic E-state index is 13.8. The molecule has 0 aromatic heterocycles. The van der Waals surface area contributed by atoms with Crippen molar-refractivity contribution in [3.8, 4) is 5.75 Å². The lowest BCUT2D eigenvalue weighted by Gasteiger charge is -2.36. The largest absolute Gasteiger partial charge is 0.496 e. The molecule has 2 aliphatic rings. The van der Waals surface area contributed by atoms with E-state index in [1.165, 1.54) is 0 Å². The Kier molecular flexibility index (Phi) is 7.87. The number of anilines is 1. The Morgan fingerprint density at radius 1 is 1.03 bits per heavy atom. The molecule has 8 nitrogen and oxygen atoms in total. The highest BCUT2D eigenvalue weighted by Gasteiger charge is 2.38. The van der Waals surface area contributed by atoms with Gasteiger partial charge in [0, 0.05) is 54.5 Å². The third-order valence-electron chi connectivity index (χ3n) is 7.80. The van der Waals surface area contributed by atoms with E-state index in [1.54, 1.807) is 19.2 Å². The molecule has 1 heterocycles. The van der Waals surface area contributed by atoms with E-state index in [9.17, 15) is 14.4 Å². The van der Waals surface area contributed by atoms with Gasteiger partial charge in [-0.25, -0.2) is 0 Å². The normalized spacial score (nSPS) is 19.2. The Hall–Kier alpha value is -3.39. The van der Waals surface area contributed by atoms with E-state index in [2.05, 4.69) is 4.90 Å². The van der Waals surface area contributed by atoms with Gasteiger partial charge in [0.25, 0.3) is 5.91 Å². The van der Waals surface area contributed by atoms with Gasteiger partial charge in [-0.3, -0.25) is 14.4 Å². The van der Waals surface area contributed by atoms with Crippen LogP contribution in [0.5, 0.6) is 5.75 Å². The summed E-state index contributed by atoms with van der Waals surface area (Å²) in [6, 6.07) is 9.38. The molecule has 2 N–H and O–H groups in total. The Labute approximate surface area is 219 Å². The van der Waals surface area contributed by atoms with Crippen LogP contribution in [0.1, 0.15) is 63.1 Å². The van der Waals surface area contributed by atoms with E-state index < -0.39 is 5.91 Å². The number of carbonyl (C=O) groups excluding carboxylic acids is 3. The number of nitrogens with two attached hydrogens (primary N) is 1. The average Bonchev–Trinajstić information content (AvgIpc) is 3.21. The number of nitrogens with zero attached hydrogens (tertiary/aromatic N) is 3. The SMILES string of the molecule is COc1cc(N(CCN(C)C)C(=O)C2CCC(N3Cc4c(C)cc(C(N)=O)cc4C3=O)CC2)ccc1C. The van der Waals surface area contributed by atoms with Crippen molar-refractivity contribution in [2.75, 3.05) is 39.2 Å². The van der Waals surface area contributed by atoms with Crippen molar-refractivity contribution in [3.63, 3.8) is 0 Å². The molecule has 1 aliphatic carbocycles. The fourth-order valence-corrected chi connectivity index (χ4v) is 5.55. The minimum absolute atomic E-state index is 0.0460. The number of hydrogen-bond donors (Lipinski definition) is 1. The van der Waals surface area contributed by atoms with E-state index in [-0.39, 0.29) is 23.8 Å². The van der Waals surface area contributed by atoms with Crippen molar-refractivity contribution >= 4 is 23.4 Å². The number of rotatable bonds is 8. The molecule has 0 spiro atoms. The summed E-state index contributed by atoms with van der Waals surface area (Å²) < 4.78 is 5.51. The topological polar surface area (TPSA) is 96.2 Å². The van der Waals surface area contributed by atoms with Crippen LogP contribution in [0.2, 0.25) is 0 Å². The lowest BCUT2D eigenvalue weighted by Crippen LogP contribution is -2.44. The van der Waals surface area contributed by atoms with Crippen molar-refractivity contribution in [2.24, 2.45) is 11.7 Å². The van der Waals surface area contributed by atoms with E-state index in [1.807, 2.05) is 55.9 Å². The predicted molar refractivity (Wildman–Crippen MR) is 144 cm³/mol. The molecule has 2 aromatic carbocycles. The summed E-state index contributed by atoms with van der Waals surface area (Å²) in [5.41, 5.74) is 10.2. The van der Waals surface area contributed by atoms with Crippen molar-refractivity contribution in [3.05, 3.63) is 58.1 Å². The van der Waals surface area contributed by atoms with Crippen molar-refractivity contribution in [1.82, 2.24) is 9.80 Å². The molecule has 1 fully saturated rings. The average molecular weight is 507 g/mol. The van der Waals surface area contributed by atoms with Gasteiger partial charge in [0.2, 0.25) is 11.8 Å². The Bertz CT molecular complexity index is 1200. The smallest absolute Gasteiger partial charge is 0.254 e. The van der Waals surface area contributed by atoms with Gasteiger partial charge in [0.1, 0.15) is 5.75 Å². The quantitative estimate of drug-likeness (QED) is 0.591. The molecule has 3 amide bonds. The summed E-state index contributed by atoms with van der Waals surface area (Å²) in [6.07, 6.45) is 3.01. The second kappa shape index (κ2) is 10.9. The van der Waals surface area contributed by atoms with Gasteiger partial charge in [-0.2, -0.15) is 0 Å². The standard InChI is InChI=1S/C29H38N4O4/c1-18-6-9-23(16-26(18)37-5)32(13-12-31(3)4)28(35)20-7-10-22(11-8-20)33-17-25-19(2)14-21(27(30)34)15-24(25)29(33)36/h6,9,14-16,20,22H,7-8,10-13,17H2,1-5H3,(H2,30,34). The van der Waals surface area contributed by atoms with Gasteiger partial charge >= 0.3 is 0 Å². The molecule has 198 valence electrons. The number of carbonyl (C=O) groups is 3. The second-order valence-electron chi connectivity index (χ2n) is 10.6. The van der Waals surface area contributed by atoms with Crippen LogP contribution in [0.4, 0.5) is 5.69 Å². The number of methoxy groups -OCH3 is 1. The fourth-order valence-electron chi connectivity index (χ4n) is 5.55. The first-order chi connectivity index (χ1) is 17.6. The number of benzene rings is 2. The molecule has 1 aliphatic heterocycles. The molecule has 0 atom stereocenters. The van der Waals surface area contributed by atoms with Gasteiger partial charge in [0.15, 0.2) is 0 Å². The lowest BCUT2D eigenvalue weighted by molar-refractivity contribution is -0.123. The first-order valence-electron chi connectivity index (χ1n) is 13.0. The van der Waals surface area contributed by atoms with Crippen LogP contribution < -0.4 is 15.4 Å². The number of primary amides is 1. The van der Waals surface area contributed by atoms with E-state index in [0.717, 1.165) is 60.4 Å². The molecule has 0 radical (unpaired) electrons. The maximum Gasteiger partial charge on any atom is 0.254 e. The zero-order valence-corrected chi connectivity index (χ0v) is 22.5. The van der Waals surface area contributed by atoms with Crippen LogP contribution >= 0.6 is 0 Å². The first kappa shape index (κ1) is 26.7. The Balaban J connectivity index is 1.46. The van der Waals surface area contributed by atoms with Gasteiger partial charge in [0.05, 0.1) is 7.11 Å². The highest BCUT2D eigenvalue weighted by atomic mass is 16.5. The first-order valence-corrected chi connectivity index (χ1v) is 13.0. The lowest BCUT2D eigenvalue weighted by atomic mass is 9.84. The number of hydrogen-bond acceptors (Lipinski definition) is 5. The predicted octanol–water partition coefficient (Wildman–Crippen LogP) is 3.52. The summed E-state index contributed by atoms with van der Waals surface area (Å²) in [5, 5.41) is 0. The molecular formula is C29H38N4O4. The summed E-state index contributed by atoms with van der Waals surface area (Å²) in [6.45, 7) is 5.80. The third-order valence-corrected chi connectivity index (χ3v) is 7.80. The van der Waals surface area contributed by atoms with Gasteiger partial charge in [-0.1, -0.05) is 6.07 Å². The van der Waals surface area contributed by atoms with Crippen LogP contribution in [0, 0.1) is 19.8 Å². The summed E-state index contributed by atoms with van der Waals surface area (Å²) >= 11 is 0. The minimum atomic E-state index is -0.527. The molecule has 4 rings (SSSR count). The van der Waals surface area contributed by atoms with Crippen molar-refractivity contribution < 1.29 is 19.1 Å². The van der Waals surface area contributed by atoms with Crippen molar-refractivity contribution in [2.45, 2.75) is 52.1 Å². The number of ether oxygens (including phenoxy) is 1. The number of amides is 3. The highest BCUT2D eigenvalue weighted by Crippen LogP contribution is 2.36. The molecule has 37 heavy (non-hydrogen) atoms. The van der Waals surface area contributed by atoms with Crippen LogP contribution in [-0.4, -0.2) is 67.9 Å². The maximum absolute atomic E-state index is 13.8. The molecular weight excluding hydrogens is 468 g/mol. The summed E-state index contributed by atoms with van der Waals surface area (Å²) in [5.74, 6) is 0.237. The molecule has 1 saturated carbocycles. The molecule has 8 heteroatoms. The summed E-state index contributed by atoms with van der Waals surface area (Å²) in [4.78, 5) is 44.6. The summed E-state index contributed by atoms with van der Waals surface area (Å²) in [7, 11) is 5.65. The van der Waals surface area contributed by atoms with Crippen LogP contribution in [0.3, 0.4) is 0 Å². The van der Waals surface area contributed by atoms with Crippen molar-refractivity contribution in [1.29, 1.82) is 0 Å². The zero-order chi connectivity index (χ0) is 26.9. The molecule has 0 unspecified atom stereocenters. The van der Waals surface area contributed by atoms with Crippen LogP contribution in [0.25, 0.3) is 0 Å². The van der Waals surface area contributed by atoms with Crippen LogP contribution in [-0.2, 0) is 11.3 Å². The Morgan fingerprint density at radius 2 is 1.73 bits per heavy atom. The molecule has 2 aromatic rings. The van der Waals surface area contributed by atoms with Gasteiger partial charge < -0.3 is 25.2 Å². The molecule has 0 bridgehead atoms. The fraction of sp³-hybridized carbons (Fsp3) is 0.483. The Morgan fingerprint density at radius 3 is 2.35 bits per heavy atom.